The summed E-state index contributed by atoms with van der Waals surface area (Å²) in [5, 5.41) is 1.90. The SMILES string of the molecule is CC.CCc1nc2scc(C)n2c(=O)c1-c1cccc(F)c1.Nc1ncnc2nc[nH]c12. The van der Waals surface area contributed by atoms with Crippen molar-refractivity contribution in [2.24, 2.45) is 0 Å². The highest BCUT2D eigenvalue weighted by Crippen LogP contribution is 2.23. The molecule has 32 heavy (non-hydrogen) atoms. The molecule has 0 unspecified atom stereocenters. The topological polar surface area (TPSA) is 115 Å². The van der Waals surface area contributed by atoms with Crippen molar-refractivity contribution in [1.29, 1.82) is 0 Å². The van der Waals surface area contributed by atoms with Gasteiger partial charge in [0, 0.05) is 11.1 Å². The van der Waals surface area contributed by atoms with E-state index in [0.717, 1.165) is 5.69 Å². The maximum Gasteiger partial charge on any atom is 0.266 e. The number of thiazole rings is 1. The fraction of sp³-hybridized carbons (Fsp3) is 0.227. The van der Waals surface area contributed by atoms with Crippen molar-refractivity contribution in [3.05, 3.63) is 69.9 Å². The number of aromatic amines is 1. The first-order chi connectivity index (χ1) is 15.5. The van der Waals surface area contributed by atoms with Crippen molar-refractivity contribution in [2.75, 3.05) is 5.73 Å². The number of aryl methyl sites for hydroxylation is 2. The van der Waals surface area contributed by atoms with Gasteiger partial charge in [0.05, 0.1) is 17.6 Å². The zero-order valence-corrected chi connectivity index (χ0v) is 19.1. The molecule has 0 aliphatic carbocycles. The largest absolute Gasteiger partial charge is 0.382 e. The zero-order valence-electron chi connectivity index (χ0n) is 18.3. The molecule has 10 heteroatoms. The Kier molecular flexibility index (Phi) is 7.26. The van der Waals surface area contributed by atoms with Crippen LogP contribution in [0, 0.1) is 12.7 Å². The van der Waals surface area contributed by atoms with E-state index >= 15 is 0 Å². The van der Waals surface area contributed by atoms with Gasteiger partial charge < -0.3 is 10.7 Å². The van der Waals surface area contributed by atoms with E-state index in [1.807, 2.05) is 33.1 Å². The minimum absolute atomic E-state index is 0.129. The molecule has 0 aliphatic rings. The number of hydrogen-bond acceptors (Lipinski definition) is 7. The Balaban J connectivity index is 0.000000201. The van der Waals surface area contributed by atoms with E-state index in [2.05, 4.69) is 24.9 Å². The number of nitrogens with zero attached hydrogens (tertiary/aromatic N) is 5. The van der Waals surface area contributed by atoms with Gasteiger partial charge in [0.15, 0.2) is 16.4 Å². The summed E-state index contributed by atoms with van der Waals surface area (Å²) in [7, 11) is 0. The average molecular weight is 454 g/mol. The Bertz CT molecular complexity index is 1410. The standard InChI is InChI=1S/C15H13FN2OS.C5H5N5.C2H6/c1-3-12-13(10-5-4-6-11(16)7-10)14(19)18-9(2)8-20-15(18)17-12;6-4-3-5(9-1-7-3)10-2-8-4;1-2/h4-8H,3H2,1-2H3;1-2H,(H3,6,7,8,9,10);1-2H3. The second-order valence-electron chi connectivity index (χ2n) is 6.46. The highest BCUT2D eigenvalue weighted by molar-refractivity contribution is 7.15. The Morgan fingerprint density at radius 1 is 1.22 bits per heavy atom. The van der Waals surface area contributed by atoms with Crippen LogP contribution in [-0.4, -0.2) is 29.3 Å². The number of aromatic nitrogens is 6. The molecule has 3 N–H and O–H groups in total. The molecule has 0 saturated heterocycles. The minimum Gasteiger partial charge on any atom is -0.382 e. The predicted octanol–water partition coefficient (Wildman–Crippen LogP) is 4.39. The monoisotopic (exact) mass is 453 g/mol. The third-order valence-corrected chi connectivity index (χ3v) is 5.46. The summed E-state index contributed by atoms with van der Waals surface area (Å²) in [5.74, 6) is 0.0820. The first-order valence-electron chi connectivity index (χ1n) is 10.1. The second-order valence-corrected chi connectivity index (χ2v) is 7.29. The number of anilines is 1. The molecule has 0 atom stereocenters. The van der Waals surface area contributed by atoms with Crippen molar-refractivity contribution in [1.82, 2.24) is 29.3 Å². The molecule has 4 aromatic heterocycles. The van der Waals surface area contributed by atoms with Crippen molar-refractivity contribution in [3.63, 3.8) is 0 Å². The van der Waals surface area contributed by atoms with Crippen LogP contribution in [0.15, 0.2) is 47.1 Å². The van der Waals surface area contributed by atoms with Gasteiger partial charge in [-0.1, -0.05) is 32.9 Å². The van der Waals surface area contributed by atoms with Gasteiger partial charge in [-0.25, -0.2) is 24.3 Å². The number of nitrogen functional groups attached to an aromatic ring is 1. The Morgan fingerprint density at radius 3 is 2.69 bits per heavy atom. The molecule has 5 aromatic rings. The van der Waals surface area contributed by atoms with Gasteiger partial charge in [-0.3, -0.25) is 9.20 Å². The number of fused-ring (bicyclic) bond motifs is 2. The number of H-pyrrole nitrogens is 1. The number of nitrogens with two attached hydrogens (primary N) is 1. The Labute approximate surface area is 188 Å². The molecular weight excluding hydrogens is 429 g/mol. The predicted molar refractivity (Wildman–Crippen MR) is 126 cm³/mol. The molecule has 4 heterocycles. The van der Waals surface area contributed by atoms with Gasteiger partial charge in [-0.2, -0.15) is 0 Å². The Morgan fingerprint density at radius 2 is 2.00 bits per heavy atom. The summed E-state index contributed by atoms with van der Waals surface area (Å²) in [6.45, 7) is 7.81. The average Bonchev–Trinajstić information content (AvgIpc) is 3.43. The van der Waals surface area contributed by atoms with E-state index in [1.54, 1.807) is 16.5 Å². The first kappa shape index (κ1) is 23.0. The van der Waals surface area contributed by atoms with Gasteiger partial charge in [0.1, 0.15) is 17.7 Å². The van der Waals surface area contributed by atoms with Gasteiger partial charge >= 0.3 is 0 Å². The van der Waals surface area contributed by atoms with E-state index in [0.29, 0.717) is 45.2 Å². The molecule has 0 aliphatic heterocycles. The summed E-state index contributed by atoms with van der Waals surface area (Å²) in [4.78, 5) is 32.3. The molecule has 8 nitrogen and oxygen atoms in total. The molecule has 1 aromatic carbocycles. The number of imidazole rings is 1. The van der Waals surface area contributed by atoms with Gasteiger partial charge in [-0.05, 0) is 31.0 Å². The van der Waals surface area contributed by atoms with Crippen LogP contribution in [0.4, 0.5) is 10.2 Å². The molecule has 0 bridgehead atoms. The molecule has 166 valence electrons. The van der Waals surface area contributed by atoms with Crippen molar-refractivity contribution in [2.45, 2.75) is 34.1 Å². The van der Waals surface area contributed by atoms with Crippen LogP contribution in [0.2, 0.25) is 0 Å². The van der Waals surface area contributed by atoms with Crippen LogP contribution in [0.3, 0.4) is 0 Å². The van der Waals surface area contributed by atoms with Crippen LogP contribution < -0.4 is 11.3 Å². The number of benzene rings is 1. The van der Waals surface area contributed by atoms with E-state index in [9.17, 15) is 9.18 Å². The summed E-state index contributed by atoms with van der Waals surface area (Å²) >= 11 is 1.44. The maximum atomic E-state index is 13.4. The molecular formula is C22H24FN7OS. The van der Waals surface area contributed by atoms with Crippen molar-refractivity contribution < 1.29 is 4.39 Å². The van der Waals surface area contributed by atoms with E-state index in [-0.39, 0.29) is 11.4 Å². The van der Waals surface area contributed by atoms with E-state index in [4.69, 9.17) is 5.73 Å². The summed E-state index contributed by atoms with van der Waals surface area (Å²) in [6.07, 6.45) is 3.56. The lowest BCUT2D eigenvalue weighted by Crippen LogP contribution is -2.19. The lowest BCUT2D eigenvalue weighted by atomic mass is 10.0. The maximum absolute atomic E-state index is 13.4. The van der Waals surface area contributed by atoms with Crippen LogP contribution in [0.25, 0.3) is 27.3 Å². The number of nitrogens with one attached hydrogen (secondary N) is 1. The highest BCUT2D eigenvalue weighted by Gasteiger charge is 2.16. The molecule has 0 radical (unpaired) electrons. The molecule has 0 spiro atoms. The second kappa shape index (κ2) is 10.1. The van der Waals surface area contributed by atoms with E-state index in [1.165, 1.54) is 36.1 Å². The fourth-order valence-corrected chi connectivity index (χ4v) is 3.97. The van der Waals surface area contributed by atoms with Crippen LogP contribution in [0.1, 0.15) is 32.2 Å². The summed E-state index contributed by atoms with van der Waals surface area (Å²) < 4.78 is 15.0. The van der Waals surface area contributed by atoms with Crippen LogP contribution >= 0.6 is 11.3 Å². The lowest BCUT2D eigenvalue weighted by Gasteiger charge is -2.08. The number of hydrogen-bond donors (Lipinski definition) is 2. The highest BCUT2D eigenvalue weighted by atomic mass is 32.1. The van der Waals surface area contributed by atoms with Gasteiger partial charge in [-0.15, -0.1) is 11.3 Å². The summed E-state index contributed by atoms with van der Waals surface area (Å²) in [6, 6.07) is 6.11. The van der Waals surface area contributed by atoms with Crippen LogP contribution in [0.5, 0.6) is 0 Å². The molecule has 5 rings (SSSR count). The fourth-order valence-electron chi connectivity index (χ4n) is 3.10. The molecule has 0 amide bonds. The number of rotatable bonds is 2. The van der Waals surface area contributed by atoms with Crippen LogP contribution in [-0.2, 0) is 6.42 Å². The summed E-state index contributed by atoms with van der Waals surface area (Å²) in [5.41, 5.74) is 9.29. The molecule has 0 saturated carbocycles. The van der Waals surface area contributed by atoms with Crippen molar-refractivity contribution in [3.8, 4) is 11.1 Å². The minimum atomic E-state index is -0.351. The van der Waals surface area contributed by atoms with E-state index < -0.39 is 0 Å². The van der Waals surface area contributed by atoms with Crippen molar-refractivity contribution >= 4 is 33.3 Å². The normalized spacial score (nSPS) is 10.4. The molecule has 0 fully saturated rings. The number of halogens is 1. The van der Waals surface area contributed by atoms with Gasteiger partial charge in [0.2, 0.25) is 0 Å². The smallest absolute Gasteiger partial charge is 0.266 e. The van der Waals surface area contributed by atoms with Gasteiger partial charge in [0.25, 0.3) is 5.56 Å². The lowest BCUT2D eigenvalue weighted by molar-refractivity contribution is 0.628. The first-order valence-corrected chi connectivity index (χ1v) is 11.0. The third kappa shape index (κ3) is 4.50. The zero-order chi connectivity index (χ0) is 23.3. The third-order valence-electron chi connectivity index (χ3n) is 4.52. The quantitative estimate of drug-likeness (QED) is 0.410. The Hall–Kier alpha value is -3.66.